The van der Waals surface area contributed by atoms with Gasteiger partial charge >= 0.3 is 0 Å². The molecule has 3 aromatic carbocycles. The number of hydrogen-bond acceptors (Lipinski definition) is 5. The van der Waals surface area contributed by atoms with Crippen LogP contribution in [0.5, 0.6) is 11.5 Å². The van der Waals surface area contributed by atoms with Gasteiger partial charge in [-0.1, -0.05) is 41.4 Å². The number of nitrogens with zero attached hydrogens (tertiary/aromatic N) is 1. The lowest BCUT2D eigenvalue weighted by atomic mass is 10.2. The molecule has 1 N–H and O–H groups in total. The number of rotatable bonds is 8. The third-order valence-corrected chi connectivity index (χ3v) is 6.92. The van der Waals surface area contributed by atoms with Crippen LogP contribution in [0.4, 0.5) is 11.4 Å². The minimum Gasteiger partial charge on any atom is -0.495 e. The number of nitrogens with one attached hydrogen (secondary N) is 1. The van der Waals surface area contributed by atoms with Crippen molar-refractivity contribution in [2.24, 2.45) is 0 Å². The molecule has 1 amide bonds. The topological polar surface area (TPSA) is 84.9 Å². The Balaban J connectivity index is 2.07. The maximum absolute atomic E-state index is 13.8. The molecule has 0 aliphatic rings. The molecule has 10 heteroatoms. The molecule has 0 fully saturated rings. The first kappa shape index (κ1) is 24.7. The largest absolute Gasteiger partial charge is 0.495 e. The van der Waals surface area contributed by atoms with Crippen LogP contribution in [0, 0.1) is 6.92 Å². The molecular formula is C23H22Cl2N2O5S. The predicted molar refractivity (Wildman–Crippen MR) is 130 cm³/mol. The number of hydrogen-bond donors (Lipinski definition) is 1. The van der Waals surface area contributed by atoms with Crippen LogP contribution in [-0.2, 0) is 14.8 Å². The molecule has 0 heterocycles. The Bertz CT molecular complexity index is 1260. The zero-order valence-electron chi connectivity index (χ0n) is 18.1. The van der Waals surface area contributed by atoms with Gasteiger partial charge in [-0.2, -0.15) is 0 Å². The van der Waals surface area contributed by atoms with Crippen LogP contribution in [0.25, 0.3) is 0 Å². The van der Waals surface area contributed by atoms with Crippen molar-refractivity contribution in [2.75, 3.05) is 30.4 Å². The van der Waals surface area contributed by atoms with E-state index in [0.717, 1.165) is 4.31 Å². The minimum absolute atomic E-state index is 0.0915. The SMILES string of the molecule is COc1ccccc1NC(=O)CN(c1cc(Cl)cc(Cl)c1)S(=O)(=O)c1cc(C)ccc1OC. The van der Waals surface area contributed by atoms with Crippen LogP contribution in [0.2, 0.25) is 10.0 Å². The molecular weight excluding hydrogens is 487 g/mol. The second kappa shape index (κ2) is 10.3. The van der Waals surface area contributed by atoms with Gasteiger partial charge < -0.3 is 14.8 Å². The highest BCUT2D eigenvalue weighted by atomic mass is 35.5. The standard InChI is InChI=1S/C23H22Cl2N2O5S/c1-15-8-9-21(32-3)22(10-15)33(29,30)27(18-12-16(24)11-17(25)13-18)14-23(28)26-19-6-4-5-7-20(19)31-2/h4-13H,14H2,1-3H3,(H,26,28). The van der Waals surface area contributed by atoms with Gasteiger partial charge in [0.2, 0.25) is 5.91 Å². The molecule has 174 valence electrons. The molecule has 0 aliphatic heterocycles. The third-order valence-electron chi connectivity index (χ3n) is 4.69. The van der Waals surface area contributed by atoms with Crippen molar-refractivity contribution in [3.05, 3.63) is 76.3 Å². The van der Waals surface area contributed by atoms with E-state index < -0.39 is 22.5 Å². The lowest BCUT2D eigenvalue weighted by Crippen LogP contribution is -2.38. The zero-order valence-corrected chi connectivity index (χ0v) is 20.5. The lowest BCUT2D eigenvalue weighted by molar-refractivity contribution is -0.114. The first-order chi connectivity index (χ1) is 15.6. The number of carbonyl (C=O) groups excluding carboxylic acids is 1. The van der Waals surface area contributed by atoms with Crippen LogP contribution < -0.4 is 19.1 Å². The van der Waals surface area contributed by atoms with Crippen molar-refractivity contribution in [3.8, 4) is 11.5 Å². The molecule has 0 radical (unpaired) electrons. The molecule has 0 aromatic heterocycles. The summed E-state index contributed by atoms with van der Waals surface area (Å²) in [5, 5.41) is 3.13. The van der Waals surface area contributed by atoms with Crippen molar-refractivity contribution in [3.63, 3.8) is 0 Å². The highest BCUT2D eigenvalue weighted by Gasteiger charge is 2.31. The summed E-state index contributed by atoms with van der Waals surface area (Å²) in [5.74, 6) is -0.0129. The van der Waals surface area contributed by atoms with Gasteiger partial charge in [-0.05, 0) is 55.0 Å². The van der Waals surface area contributed by atoms with Crippen LogP contribution in [0.15, 0.2) is 65.6 Å². The van der Waals surface area contributed by atoms with Gasteiger partial charge in [0.1, 0.15) is 22.9 Å². The zero-order chi connectivity index (χ0) is 24.2. The quantitative estimate of drug-likeness (QED) is 0.454. The molecule has 0 saturated carbocycles. The second-order valence-electron chi connectivity index (χ2n) is 7.04. The number of carbonyl (C=O) groups is 1. The molecule has 3 rings (SSSR count). The Labute approximate surface area is 202 Å². The van der Waals surface area contributed by atoms with Crippen molar-refractivity contribution >= 4 is 50.5 Å². The highest BCUT2D eigenvalue weighted by Crippen LogP contribution is 2.33. The molecule has 0 bridgehead atoms. The molecule has 0 saturated heterocycles. The number of halogens is 2. The van der Waals surface area contributed by atoms with Gasteiger partial charge in [-0.15, -0.1) is 0 Å². The fourth-order valence-corrected chi connectivity index (χ4v) is 5.33. The van der Waals surface area contributed by atoms with Crippen LogP contribution in [0.1, 0.15) is 5.56 Å². The van der Waals surface area contributed by atoms with E-state index in [2.05, 4.69) is 5.32 Å². The summed E-state index contributed by atoms with van der Waals surface area (Å²) < 4.78 is 39.0. The fourth-order valence-electron chi connectivity index (χ4n) is 3.17. The number of anilines is 2. The number of ether oxygens (including phenoxy) is 2. The van der Waals surface area contributed by atoms with Crippen molar-refractivity contribution in [2.45, 2.75) is 11.8 Å². The number of benzene rings is 3. The Morgan fingerprint density at radius 3 is 2.21 bits per heavy atom. The Morgan fingerprint density at radius 1 is 0.939 bits per heavy atom. The predicted octanol–water partition coefficient (Wildman–Crippen LogP) is 5.15. The van der Waals surface area contributed by atoms with Crippen LogP contribution in [0.3, 0.4) is 0 Å². The van der Waals surface area contributed by atoms with Gasteiger partial charge in [0, 0.05) is 10.0 Å². The smallest absolute Gasteiger partial charge is 0.268 e. The van der Waals surface area contributed by atoms with E-state index in [4.69, 9.17) is 32.7 Å². The van der Waals surface area contributed by atoms with E-state index in [1.807, 2.05) is 0 Å². The van der Waals surface area contributed by atoms with E-state index in [1.54, 1.807) is 43.3 Å². The fraction of sp³-hybridized carbons (Fsp3) is 0.174. The van der Waals surface area contributed by atoms with E-state index in [0.29, 0.717) is 17.0 Å². The molecule has 0 aliphatic carbocycles. The van der Waals surface area contributed by atoms with Crippen molar-refractivity contribution in [1.29, 1.82) is 0 Å². The van der Waals surface area contributed by atoms with E-state index in [-0.39, 0.29) is 26.4 Å². The van der Waals surface area contributed by atoms with Crippen molar-refractivity contribution in [1.82, 2.24) is 0 Å². The van der Waals surface area contributed by atoms with E-state index >= 15 is 0 Å². The second-order valence-corrected chi connectivity index (χ2v) is 9.75. The average molecular weight is 509 g/mol. The summed E-state index contributed by atoms with van der Waals surface area (Å²) >= 11 is 12.3. The number of aryl methyl sites for hydroxylation is 1. The normalized spacial score (nSPS) is 11.1. The third kappa shape index (κ3) is 5.71. The van der Waals surface area contributed by atoms with Gasteiger partial charge in [-0.3, -0.25) is 9.10 Å². The minimum atomic E-state index is -4.26. The van der Waals surface area contributed by atoms with Gasteiger partial charge in [0.05, 0.1) is 25.6 Å². The summed E-state index contributed by atoms with van der Waals surface area (Å²) in [6.07, 6.45) is 0. The summed E-state index contributed by atoms with van der Waals surface area (Å²) in [4.78, 5) is 12.9. The molecule has 33 heavy (non-hydrogen) atoms. The molecule has 0 unspecified atom stereocenters. The van der Waals surface area contributed by atoms with Gasteiger partial charge in [-0.25, -0.2) is 8.42 Å². The van der Waals surface area contributed by atoms with Gasteiger partial charge in [0.15, 0.2) is 0 Å². The summed E-state index contributed by atoms with van der Waals surface area (Å²) in [5.41, 5.74) is 1.24. The Hall–Kier alpha value is -2.94. The maximum Gasteiger partial charge on any atom is 0.268 e. The van der Waals surface area contributed by atoms with Crippen LogP contribution in [-0.4, -0.2) is 35.1 Å². The number of para-hydroxylation sites is 2. The summed E-state index contributed by atoms with van der Waals surface area (Å²) in [7, 11) is -1.41. The average Bonchev–Trinajstić information content (AvgIpc) is 2.77. The Kier molecular flexibility index (Phi) is 7.73. The maximum atomic E-state index is 13.8. The van der Waals surface area contributed by atoms with E-state index in [1.165, 1.54) is 38.5 Å². The van der Waals surface area contributed by atoms with E-state index in [9.17, 15) is 13.2 Å². The highest BCUT2D eigenvalue weighted by molar-refractivity contribution is 7.93. The first-order valence-corrected chi connectivity index (χ1v) is 11.9. The lowest BCUT2D eigenvalue weighted by Gasteiger charge is -2.25. The molecule has 7 nitrogen and oxygen atoms in total. The number of methoxy groups -OCH3 is 2. The van der Waals surface area contributed by atoms with Crippen molar-refractivity contribution < 1.29 is 22.7 Å². The van der Waals surface area contributed by atoms with Crippen LogP contribution >= 0.6 is 23.2 Å². The molecule has 3 aromatic rings. The molecule has 0 spiro atoms. The number of sulfonamides is 1. The number of amides is 1. The summed E-state index contributed by atoms with van der Waals surface area (Å²) in [6.45, 7) is 1.21. The summed E-state index contributed by atoms with van der Waals surface area (Å²) in [6, 6.07) is 15.9. The first-order valence-electron chi connectivity index (χ1n) is 9.72. The molecule has 0 atom stereocenters. The Morgan fingerprint density at radius 2 is 1.58 bits per heavy atom. The van der Waals surface area contributed by atoms with Gasteiger partial charge in [0.25, 0.3) is 10.0 Å². The monoisotopic (exact) mass is 508 g/mol.